The third-order valence-electron chi connectivity index (χ3n) is 4.08. The first-order valence-corrected chi connectivity index (χ1v) is 11.9. The van der Waals surface area contributed by atoms with Gasteiger partial charge in [-0.15, -0.1) is 0 Å². The maximum absolute atomic E-state index is 10.0. The van der Waals surface area contributed by atoms with Crippen LogP contribution < -0.4 is 0 Å². The number of aliphatic hydroxyl groups excluding tert-OH is 2. The summed E-state index contributed by atoms with van der Waals surface area (Å²) in [5.74, 6) is 0.879. The van der Waals surface area contributed by atoms with Crippen molar-refractivity contribution in [3.63, 3.8) is 0 Å². The minimum atomic E-state index is -0.125. The molecule has 0 atom stereocenters. The Hall–Kier alpha value is -0.486. The summed E-state index contributed by atoms with van der Waals surface area (Å²) in [7, 11) is 0. The fraction of sp³-hybridized carbons (Fsp3) is 0.833. The number of unbranched alkanes of at least 4 members (excludes halogenated alkanes) is 12. The van der Waals surface area contributed by atoms with Crippen LogP contribution in [0.15, 0.2) is 12.2 Å². The third kappa shape index (κ3) is 56.4. The Morgan fingerprint density at radius 3 is 1.30 bits per heavy atom. The van der Waals surface area contributed by atoms with Gasteiger partial charge in [0.2, 0.25) is 0 Å². The number of hydrogen-bond donors (Lipinski definition) is 2. The van der Waals surface area contributed by atoms with Gasteiger partial charge in [-0.1, -0.05) is 104 Å². The van der Waals surface area contributed by atoms with Gasteiger partial charge in [-0.05, 0) is 12.2 Å². The number of rotatable bonds is 17. The molecule has 0 aromatic heterocycles. The van der Waals surface area contributed by atoms with Gasteiger partial charge in [0.1, 0.15) is 0 Å². The van der Waals surface area contributed by atoms with Crippen molar-refractivity contribution in [2.24, 2.45) is 5.92 Å². The van der Waals surface area contributed by atoms with Crippen molar-refractivity contribution in [3.05, 3.63) is 12.2 Å². The summed E-state index contributed by atoms with van der Waals surface area (Å²) >= 11 is 0.750. The van der Waals surface area contributed by atoms with Crippen molar-refractivity contribution in [2.75, 3.05) is 13.2 Å². The van der Waals surface area contributed by atoms with Gasteiger partial charge < -0.3 is 19.8 Å². The molecule has 0 rings (SSSR count). The van der Waals surface area contributed by atoms with Crippen LogP contribution in [0, 0.1) is 5.92 Å². The van der Waals surface area contributed by atoms with Crippen molar-refractivity contribution < 1.29 is 43.5 Å². The molecule has 0 aromatic rings. The van der Waals surface area contributed by atoms with Gasteiger partial charge in [0.05, 0.1) is 13.2 Å². The van der Waals surface area contributed by atoms with Crippen LogP contribution in [0.3, 0.4) is 0 Å². The van der Waals surface area contributed by atoms with Crippen LogP contribution in [0.2, 0.25) is 0 Å². The predicted octanol–water partition coefficient (Wildman–Crippen LogP) is 5.74. The van der Waals surface area contributed by atoms with Crippen LogP contribution in [0.5, 0.6) is 0 Å². The zero-order valence-electron chi connectivity index (χ0n) is 19.7. The Kier molecular flexibility index (Phi) is 48.0. The van der Waals surface area contributed by atoms with Gasteiger partial charge >= 0.3 is 23.7 Å². The molecular formula is C24H46O5Ti. The minimum absolute atomic E-state index is 0.125. The molecule has 5 nitrogen and oxygen atoms in total. The molecule has 0 unspecified atom stereocenters. The van der Waals surface area contributed by atoms with E-state index in [9.17, 15) is 9.59 Å². The first kappa shape index (κ1) is 36.9. The first-order valence-electron chi connectivity index (χ1n) is 11.3. The average molecular weight is 462 g/mol. The molecule has 2 N–H and O–H groups in total. The Balaban J connectivity index is -0.000000253. The molecular weight excluding hydrogens is 416 g/mol. The molecule has 6 heteroatoms. The quantitative estimate of drug-likeness (QED) is 0.125. The Morgan fingerprint density at radius 1 is 0.767 bits per heavy atom. The molecule has 0 fully saturated rings. The summed E-state index contributed by atoms with van der Waals surface area (Å²) in [6, 6.07) is 0. The molecule has 0 heterocycles. The SMILES string of the molecule is C=C(C)[C-]=O.CC(C)CCCCCCCCCCCCCC[C-]=O.OCCO.[O]=[Ti+2]. The molecule has 176 valence electrons. The summed E-state index contributed by atoms with van der Waals surface area (Å²) in [6.07, 6.45) is 21.9. The summed E-state index contributed by atoms with van der Waals surface area (Å²) in [5, 5.41) is 15.2. The molecule has 0 saturated carbocycles. The van der Waals surface area contributed by atoms with E-state index in [0.29, 0.717) is 12.0 Å². The predicted molar refractivity (Wildman–Crippen MR) is 121 cm³/mol. The first-order chi connectivity index (χ1) is 14.5. The number of carbonyl (C=O) groups excluding carboxylic acids is 2. The van der Waals surface area contributed by atoms with E-state index in [1.165, 1.54) is 77.0 Å². The second-order valence-electron chi connectivity index (χ2n) is 7.65. The van der Waals surface area contributed by atoms with Crippen molar-refractivity contribution in [2.45, 2.75) is 111 Å². The summed E-state index contributed by atoms with van der Waals surface area (Å²) in [5.41, 5.74) is 0.449. The van der Waals surface area contributed by atoms with Crippen molar-refractivity contribution in [1.82, 2.24) is 0 Å². The maximum atomic E-state index is 10.0. The Bertz CT molecular complexity index is 334. The molecule has 0 bridgehead atoms. The van der Waals surface area contributed by atoms with E-state index in [-0.39, 0.29) is 13.2 Å². The van der Waals surface area contributed by atoms with Gasteiger partial charge in [0.15, 0.2) is 0 Å². The molecule has 0 saturated heterocycles. The summed E-state index contributed by atoms with van der Waals surface area (Å²) in [4.78, 5) is 19.3. The van der Waals surface area contributed by atoms with Crippen LogP contribution in [0.4, 0.5) is 0 Å². The monoisotopic (exact) mass is 462 g/mol. The average Bonchev–Trinajstić information content (AvgIpc) is 2.75. The second kappa shape index (κ2) is 39.0. The number of aliphatic hydroxyl groups is 2. The van der Waals surface area contributed by atoms with Crippen LogP contribution >= 0.6 is 0 Å². The molecule has 0 aliphatic carbocycles. The fourth-order valence-corrected chi connectivity index (χ4v) is 2.52. The standard InChI is InChI=1S/C18H35O.C4H5O.C2H6O2.O.Ti/c1-18(2)16-14-12-10-8-6-4-3-5-7-9-11-13-15-17-19;1-4(2)3-5;3-1-2-4;;/h18H,3-16H2,1-2H3;1H2,2H3;3-4H,1-2H2;;/q2*-1;;;+2. The molecule has 0 aliphatic rings. The topological polar surface area (TPSA) is 91.7 Å². The zero-order valence-corrected chi connectivity index (χ0v) is 21.3. The van der Waals surface area contributed by atoms with Gasteiger partial charge in [-0.3, -0.25) is 6.29 Å². The van der Waals surface area contributed by atoms with Crippen LogP contribution in [0.25, 0.3) is 0 Å². The van der Waals surface area contributed by atoms with Crippen LogP contribution in [-0.4, -0.2) is 36.0 Å². The number of allylic oxidation sites excluding steroid dienone is 1. The van der Waals surface area contributed by atoms with Gasteiger partial charge in [-0.25, -0.2) is 6.58 Å². The van der Waals surface area contributed by atoms with E-state index >= 15 is 0 Å². The van der Waals surface area contributed by atoms with Gasteiger partial charge in [0, 0.05) is 0 Å². The molecule has 0 aliphatic heterocycles. The molecule has 30 heavy (non-hydrogen) atoms. The van der Waals surface area contributed by atoms with E-state index in [4.69, 9.17) is 13.5 Å². The summed E-state index contributed by atoms with van der Waals surface area (Å²) < 4.78 is 8.25. The van der Waals surface area contributed by atoms with E-state index in [2.05, 4.69) is 20.4 Å². The zero-order chi connectivity index (χ0) is 23.9. The van der Waals surface area contributed by atoms with E-state index < -0.39 is 0 Å². The third-order valence-corrected chi connectivity index (χ3v) is 4.08. The van der Waals surface area contributed by atoms with E-state index in [0.717, 1.165) is 32.7 Å². The molecule has 0 aromatic carbocycles. The Labute approximate surface area is 197 Å². The number of hydrogen-bond acceptors (Lipinski definition) is 5. The van der Waals surface area contributed by atoms with E-state index in [1.807, 2.05) is 6.29 Å². The second-order valence-corrected chi connectivity index (χ2v) is 7.65. The van der Waals surface area contributed by atoms with Gasteiger partial charge in [0.25, 0.3) is 0 Å². The van der Waals surface area contributed by atoms with Crippen molar-refractivity contribution in [1.29, 1.82) is 0 Å². The van der Waals surface area contributed by atoms with Crippen molar-refractivity contribution in [3.8, 4) is 0 Å². The fourth-order valence-electron chi connectivity index (χ4n) is 2.52. The van der Waals surface area contributed by atoms with Crippen LogP contribution in [-0.2, 0) is 33.3 Å². The normalized spacial score (nSPS) is 9.33. The Morgan fingerprint density at radius 2 is 1.07 bits per heavy atom. The molecule has 0 amide bonds. The van der Waals surface area contributed by atoms with E-state index in [1.54, 1.807) is 13.2 Å². The molecule has 0 spiro atoms. The van der Waals surface area contributed by atoms with Gasteiger partial charge in [-0.2, -0.15) is 12.0 Å². The summed E-state index contributed by atoms with van der Waals surface area (Å²) in [6.45, 7) is 9.24. The molecule has 0 radical (unpaired) electrons. The van der Waals surface area contributed by atoms with Crippen LogP contribution in [0.1, 0.15) is 111 Å². The van der Waals surface area contributed by atoms with Crippen molar-refractivity contribution >= 4 is 12.6 Å².